The molecule has 1 fully saturated rings. The minimum Gasteiger partial charge on any atom is -0.381 e. The molecule has 30 heavy (non-hydrogen) atoms. The molecule has 1 aromatic rings. The van der Waals surface area contributed by atoms with Gasteiger partial charge in [0.25, 0.3) is 0 Å². The number of nitrogens with one attached hydrogen (secondary N) is 2. The van der Waals surface area contributed by atoms with Gasteiger partial charge in [0.1, 0.15) is 0 Å². The van der Waals surface area contributed by atoms with Gasteiger partial charge in [-0.2, -0.15) is 0 Å². The van der Waals surface area contributed by atoms with E-state index >= 15 is 0 Å². The zero-order valence-electron chi connectivity index (χ0n) is 18.8. The monoisotopic (exact) mass is 533 g/mol. The standard InChI is InChI=1S/C23H39N3O3.HI/c1-4-24-23(25-11-15-28-12-8-19(2)3)26-17-20-6-5-7-21(16-20)18-29-22-9-13-27-14-10-22;/h5-7,16,19,22H,4,8-15,17-18H2,1-3H3,(H2,24,25,26);1H. The number of ether oxygens (including phenoxy) is 3. The van der Waals surface area contributed by atoms with Gasteiger partial charge in [0, 0.05) is 32.9 Å². The number of halogens is 1. The quantitative estimate of drug-likeness (QED) is 0.183. The van der Waals surface area contributed by atoms with E-state index in [-0.39, 0.29) is 24.0 Å². The van der Waals surface area contributed by atoms with E-state index in [1.54, 1.807) is 0 Å². The van der Waals surface area contributed by atoms with Crippen LogP contribution in [0.5, 0.6) is 0 Å². The lowest BCUT2D eigenvalue weighted by Crippen LogP contribution is -2.39. The molecule has 0 aliphatic carbocycles. The minimum atomic E-state index is 0. The number of benzene rings is 1. The van der Waals surface area contributed by atoms with Crippen LogP contribution in [0.4, 0.5) is 0 Å². The van der Waals surface area contributed by atoms with Crippen LogP contribution in [0, 0.1) is 5.92 Å². The maximum Gasteiger partial charge on any atom is 0.191 e. The molecular formula is C23H40IN3O3. The molecule has 2 rings (SSSR count). The van der Waals surface area contributed by atoms with Gasteiger partial charge in [-0.15, -0.1) is 24.0 Å². The van der Waals surface area contributed by atoms with Crippen molar-refractivity contribution in [3.05, 3.63) is 35.4 Å². The molecular weight excluding hydrogens is 493 g/mol. The summed E-state index contributed by atoms with van der Waals surface area (Å²) in [4.78, 5) is 4.70. The second-order valence-electron chi connectivity index (χ2n) is 7.86. The van der Waals surface area contributed by atoms with Crippen molar-refractivity contribution < 1.29 is 14.2 Å². The van der Waals surface area contributed by atoms with Crippen molar-refractivity contribution in [3.63, 3.8) is 0 Å². The Morgan fingerprint density at radius 2 is 1.93 bits per heavy atom. The summed E-state index contributed by atoms with van der Waals surface area (Å²) in [5.74, 6) is 1.50. The van der Waals surface area contributed by atoms with Crippen molar-refractivity contribution >= 4 is 29.9 Å². The van der Waals surface area contributed by atoms with Gasteiger partial charge < -0.3 is 24.8 Å². The van der Waals surface area contributed by atoms with Crippen molar-refractivity contribution in [3.8, 4) is 0 Å². The largest absolute Gasteiger partial charge is 0.381 e. The molecule has 0 amide bonds. The maximum absolute atomic E-state index is 6.03. The van der Waals surface area contributed by atoms with Crippen LogP contribution in [0.1, 0.15) is 51.2 Å². The Bertz CT molecular complexity index is 593. The van der Waals surface area contributed by atoms with Crippen LogP contribution >= 0.6 is 24.0 Å². The van der Waals surface area contributed by atoms with Crippen molar-refractivity contribution in [1.29, 1.82) is 0 Å². The number of nitrogens with zero attached hydrogens (tertiary/aromatic N) is 1. The van der Waals surface area contributed by atoms with E-state index in [0.29, 0.717) is 31.8 Å². The summed E-state index contributed by atoms with van der Waals surface area (Å²) < 4.78 is 17.1. The van der Waals surface area contributed by atoms with Crippen LogP contribution in [0.25, 0.3) is 0 Å². The molecule has 2 N–H and O–H groups in total. The lowest BCUT2D eigenvalue weighted by molar-refractivity contribution is -0.0390. The molecule has 1 aliphatic rings. The molecule has 7 heteroatoms. The lowest BCUT2D eigenvalue weighted by atomic mass is 10.1. The fraction of sp³-hybridized carbons (Fsp3) is 0.696. The lowest BCUT2D eigenvalue weighted by Gasteiger charge is -2.22. The molecule has 0 spiro atoms. The average Bonchev–Trinajstić information content (AvgIpc) is 2.73. The van der Waals surface area contributed by atoms with Gasteiger partial charge in [-0.1, -0.05) is 38.1 Å². The molecule has 0 atom stereocenters. The molecule has 0 radical (unpaired) electrons. The fourth-order valence-electron chi connectivity index (χ4n) is 3.05. The predicted molar refractivity (Wildman–Crippen MR) is 134 cm³/mol. The van der Waals surface area contributed by atoms with Gasteiger partial charge >= 0.3 is 0 Å². The summed E-state index contributed by atoms with van der Waals surface area (Å²) in [6.45, 7) is 12.5. The Balaban J connectivity index is 0.00000450. The van der Waals surface area contributed by atoms with Crippen LogP contribution in [0.15, 0.2) is 29.3 Å². The Morgan fingerprint density at radius 1 is 1.17 bits per heavy atom. The highest BCUT2D eigenvalue weighted by atomic mass is 127. The Kier molecular flexibility index (Phi) is 15.2. The highest BCUT2D eigenvalue weighted by molar-refractivity contribution is 14.0. The molecule has 0 saturated carbocycles. The van der Waals surface area contributed by atoms with Crippen LogP contribution in [0.2, 0.25) is 0 Å². The first-order chi connectivity index (χ1) is 14.2. The van der Waals surface area contributed by atoms with Gasteiger partial charge in [0.05, 0.1) is 25.9 Å². The van der Waals surface area contributed by atoms with Crippen LogP contribution < -0.4 is 10.6 Å². The highest BCUT2D eigenvalue weighted by Gasteiger charge is 2.14. The third-order valence-corrected chi connectivity index (χ3v) is 4.79. The molecule has 1 aromatic carbocycles. The normalized spacial score (nSPS) is 15.1. The number of hydrogen-bond donors (Lipinski definition) is 2. The molecule has 1 aliphatic heterocycles. The first-order valence-corrected chi connectivity index (χ1v) is 11.0. The zero-order valence-corrected chi connectivity index (χ0v) is 21.2. The molecule has 172 valence electrons. The summed E-state index contributed by atoms with van der Waals surface area (Å²) in [6, 6.07) is 8.49. The van der Waals surface area contributed by atoms with E-state index in [9.17, 15) is 0 Å². The molecule has 0 unspecified atom stereocenters. The van der Waals surface area contributed by atoms with E-state index in [2.05, 4.69) is 55.7 Å². The summed E-state index contributed by atoms with van der Waals surface area (Å²) in [5, 5.41) is 6.63. The fourth-order valence-corrected chi connectivity index (χ4v) is 3.05. The number of guanidine groups is 1. The zero-order chi connectivity index (χ0) is 20.7. The van der Waals surface area contributed by atoms with Crippen LogP contribution in [-0.2, 0) is 27.4 Å². The summed E-state index contributed by atoms with van der Waals surface area (Å²) in [6.07, 6.45) is 3.40. The number of hydrogen-bond acceptors (Lipinski definition) is 4. The predicted octanol–water partition coefficient (Wildman–Crippen LogP) is 4.12. The van der Waals surface area contributed by atoms with E-state index in [1.165, 1.54) is 11.1 Å². The Hall–Kier alpha value is -0.900. The van der Waals surface area contributed by atoms with Crippen molar-refractivity contribution in [2.24, 2.45) is 10.9 Å². The van der Waals surface area contributed by atoms with Crippen LogP contribution in [0.3, 0.4) is 0 Å². The summed E-state index contributed by atoms with van der Waals surface area (Å²) in [7, 11) is 0. The first kappa shape index (κ1) is 27.1. The molecule has 0 bridgehead atoms. The molecule has 1 heterocycles. The van der Waals surface area contributed by atoms with Gasteiger partial charge in [0.2, 0.25) is 0 Å². The SMILES string of the molecule is CCNC(=NCc1cccc(COC2CCOCC2)c1)NCCOCCC(C)C.I. The number of aliphatic imine (C=N–C) groups is 1. The third-order valence-electron chi connectivity index (χ3n) is 4.79. The molecule has 0 aromatic heterocycles. The van der Waals surface area contributed by atoms with Crippen molar-refractivity contribution in [2.45, 2.75) is 59.3 Å². The maximum atomic E-state index is 6.03. The average molecular weight is 533 g/mol. The van der Waals surface area contributed by atoms with Gasteiger partial charge in [-0.05, 0) is 43.2 Å². The smallest absolute Gasteiger partial charge is 0.191 e. The Morgan fingerprint density at radius 3 is 2.67 bits per heavy atom. The second-order valence-corrected chi connectivity index (χ2v) is 7.86. The highest BCUT2D eigenvalue weighted by Crippen LogP contribution is 2.14. The second kappa shape index (κ2) is 16.8. The number of rotatable bonds is 12. The van der Waals surface area contributed by atoms with E-state index in [4.69, 9.17) is 19.2 Å². The summed E-state index contributed by atoms with van der Waals surface area (Å²) in [5.41, 5.74) is 2.38. The minimum absolute atomic E-state index is 0. The molecule has 6 nitrogen and oxygen atoms in total. The van der Waals surface area contributed by atoms with Crippen molar-refractivity contribution in [1.82, 2.24) is 10.6 Å². The van der Waals surface area contributed by atoms with Gasteiger partial charge in [-0.25, -0.2) is 4.99 Å². The Labute approximate surface area is 199 Å². The van der Waals surface area contributed by atoms with E-state index < -0.39 is 0 Å². The van der Waals surface area contributed by atoms with E-state index in [1.807, 2.05) is 0 Å². The van der Waals surface area contributed by atoms with Gasteiger partial charge in [-0.3, -0.25) is 0 Å². The van der Waals surface area contributed by atoms with Gasteiger partial charge in [0.15, 0.2) is 5.96 Å². The molecule has 1 saturated heterocycles. The topological polar surface area (TPSA) is 64.1 Å². The summed E-state index contributed by atoms with van der Waals surface area (Å²) >= 11 is 0. The third kappa shape index (κ3) is 12.1. The van der Waals surface area contributed by atoms with E-state index in [0.717, 1.165) is 58.1 Å². The first-order valence-electron chi connectivity index (χ1n) is 11.0. The van der Waals surface area contributed by atoms with Crippen molar-refractivity contribution in [2.75, 3.05) is 39.5 Å². The van der Waals surface area contributed by atoms with Crippen LogP contribution in [-0.4, -0.2) is 51.6 Å².